The number of carbonyl (C=O) groups is 2. The summed E-state index contributed by atoms with van der Waals surface area (Å²) in [6.07, 6.45) is 2.74. The van der Waals surface area contributed by atoms with Crippen molar-refractivity contribution in [2.75, 3.05) is 32.8 Å². The Hall–Kier alpha value is -1.92. The van der Waals surface area contributed by atoms with Gasteiger partial charge in [-0.25, -0.2) is 0 Å². The summed E-state index contributed by atoms with van der Waals surface area (Å²) < 4.78 is 5.59. The van der Waals surface area contributed by atoms with E-state index in [0.717, 1.165) is 19.0 Å². The van der Waals surface area contributed by atoms with E-state index < -0.39 is 6.10 Å². The Morgan fingerprint density at radius 1 is 1.33 bits per heavy atom. The van der Waals surface area contributed by atoms with Crippen LogP contribution in [0, 0.1) is 5.92 Å². The Kier molecular flexibility index (Phi) is 8.75. The number of likely N-dealkylation sites (tertiary alicyclic amines) is 1. The van der Waals surface area contributed by atoms with Gasteiger partial charge in [0.15, 0.2) is 5.78 Å². The first-order valence-electron chi connectivity index (χ1n) is 9.85. The fourth-order valence-corrected chi connectivity index (χ4v) is 3.15. The molecule has 1 fully saturated rings. The lowest BCUT2D eigenvalue weighted by Gasteiger charge is -2.31. The van der Waals surface area contributed by atoms with E-state index in [-0.39, 0.29) is 18.2 Å². The zero-order valence-corrected chi connectivity index (χ0v) is 16.4. The zero-order chi connectivity index (χ0) is 19.6. The first kappa shape index (κ1) is 21.4. The Balaban J connectivity index is 1.56. The van der Waals surface area contributed by atoms with Crippen molar-refractivity contribution >= 4 is 11.7 Å². The Bertz CT molecular complexity index is 612. The molecule has 1 saturated heterocycles. The number of nitrogens with one attached hydrogen (secondary N) is 1. The number of piperidine rings is 1. The summed E-state index contributed by atoms with van der Waals surface area (Å²) >= 11 is 0. The largest absolute Gasteiger partial charge is 0.494 e. The second-order valence-electron chi connectivity index (χ2n) is 7.48. The third kappa shape index (κ3) is 8.10. The molecule has 0 aliphatic carbocycles. The van der Waals surface area contributed by atoms with E-state index in [2.05, 4.69) is 17.1 Å². The summed E-state index contributed by atoms with van der Waals surface area (Å²) in [5.41, 5.74) is 0.613. The fraction of sp³-hybridized carbons (Fsp3) is 0.619. The van der Waals surface area contributed by atoms with Gasteiger partial charge in [-0.1, -0.05) is 19.1 Å². The van der Waals surface area contributed by atoms with Crippen LogP contribution >= 0.6 is 0 Å². The SMILES string of the molecule is CC(=O)c1cccc(OCCCC(=O)NCC(O)CN2CCC(C)CC2)c1. The maximum atomic E-state index is 11.9. The molecule has 0 aromatic heterocycles. The van der Waals surface area contributed by atoms with Crippen LogP contribution in [0.2, 0.25) is 0 Å². The minimum absolute atomic E-state index is 0.00236. The van der Waals surface area contributed by atoms with Crippen LogP contribution in [0.3, 0.4) is 0 Å². The molecule has 27 heavy (non-hydrogen) atoms. The summed E-state index contributed by atoms with van der Waals surface area (Å²) in [5, 5.41) is 12.9. The van der Waals surface area contributed by atoms with Gasteiger partial charge in [0.1, 0.15) is 5.75 Å². The number of aliphatic hydroxyl groups is 1. The number of Topliss-reactive ketones (excluding diaryl/α,β-unsaturated/α-hetero) is 1. The molecule has 1 aromatic carbocycles. The maximum Gasteiger partial charge on any atom is 0.220 e. The van der Waals surface area contributed by atoms with Gasteiger partial charge in [-0.3, -0.25) is 9.59 Å². The monoisotopic (exact) mass is 376 g/mol. The zero-order valence-electron chi connectivity index (χ0n) is 16.4. The molecule has 1 aromatic rings. The highest BCUT2D eigenvalue weighted by molar-refractivity contribution is 5.94. The van der Waals surface area contributed by atoms with E-state index in [9.17, 15) is 14.7 Å². The van der Waals surface area contributed by atoms with Crippen molar-refractivity contribution in [2.24, 2.45) is 5.92 Å². The molecule has 2 rings (SSSR count). The molecular formula is C21H32N2O4. The number of hydrogen-bond acceptors (Lipinski definition) is 5. The predicted octanol–water partition coefficient (Wildman–Crippen LogP) is 2.26. The summed E-state index contributed by atoms with van der Waals surface area (Å²) in [7, 11) is 0. The predicted molar refractivity (Wildman–Crippen MR) is 105 cm³/mol. The number of ether oxygens (including phenoxy) is 1. The molecule has 1 aliphatic heterocycles. The molecule has 0 saturated carbocycles. The quantitative estimate of drug-likeness (QED) is 0.484. The van der Waals surface area contributed by atoms with Crippen LogP contribution in [-0.4, -0.2) is 60.6 Å². The van der Waals surface area contributed by atoms with Gasteiger partial charge in [0.25, 0.3) is 0 Å². The Labute approximate surface area is 161 Å². The van der Waals surface area contributed by atoms with Gasteiger partial charge in [0.2, 0.25) is 5.91 Å². The van der Waals surface area contributed by atoms with Gasteiger partial charge in [-0.2, -0.15) is 0 Å². The van der Waals surface area contributed by atoms with Crippen molar-refractivity contribution in [3.63, 3.8) is 0 Å². The first-order valence-corrected chi connectivity index (χ1v) is 9.85. The molecule has 1 aliphatic rings. The highest BCUT2D eigenvalue weighted by Crippen LogP contribution is 2.16. The number of aliphatic hydroxyl groups excluding tert-OH is 1. The minimum atomic E-state index is -0.534. The third-order valence-corrected chi connectivity index (χ3v) is 4.94. The summed E-state index contributed by atoms with van der Waals surface area (Å²) in [5.74, 6) is 1.32. The van der Waals surface area contributed by atoms with E-state index in [1.54, 1.807) is 24.3 Å². The average Bonchev–Trinajstić information content (AvgIpc) is 2.65. The van der Waals surface area contributed by atoms with Crippen LogP contribution < -0.4 is 10.1 Å². The van der Waals surface area contributed by atoms with Crippen molar-refractivity contribution < 1.29 is 19.4 Å². The number of hydrogen-bond donors (Lipinski definition) is 2. The highest BCUT2D eigenvalue weighted by Gasteiger charge is 2.18. The molecule has 6 nitrogen and oxygen atoms in total. The van der Waals surface area contributed by atoms with Gasteiger partial charge >= 0.3 is 0 Å². The van der Waals surface area contributed by atoms with Crippen LogP contribution in [0.5, 0.6) is 5.75 Å². The molecule has 0 radical (unpaired) electrons. The molecule has 0 bridgehead atoms. The van der Waals surface area contributed by atoms with Gasteiger partial charge in [0.05, 0.1) is 12.7 Å². The molecule has 1 heterocycles. The van der Waals surface area contributed by atoms with Gasteiger partial charge < -0.3 is 20.1 Å². The van der Waals surface area contributed by atoms with Crippen LogP contribution in [0.15, 0.2) is 24.3 Å². The van der Waals surface area contributed by atoms with Gasteiger partial charge in [-0.15, -0.1) is 0 Å². The lowest BCUT2D eigenvalue weighted by Crippen LogP contribution is -2.43. The van der Waals surface area contributed by atoms with E-state index in [1.165, 1.54) is 19.8 Å². The van der Waals surface area contributed by atoms with E-state index >= 15 is 0 Å². The molecular weight excluding hydrogens is 344 g/mol. The summed E-state index contributed by atoms with van der Waals surface area (Å²) in [6.45, 7) is 7.13. The highest BCUT2D eigenvalue weighted by atomic mass is 16.5. The number of ketones is 1. The van der Waals surface area contributed by atoms with Gasteiger partial charge in [0, 0.05) is 25.1 Å². The van der Waals surface area contributed by atoms with Crippen LogP contribution in [-0.2, 0) is 4.79 Å². The van der Waals surface area contributed by atoms with Crippen molar-refractivity contribution in [3.05, 3.63) is 29.8 Å². The standard InChI is InChI=1S/C21H32N2O4/c1-16-8-10-23(11-9-16)15-19(25)14-22-21(26)7-4-12-27-20-6-3-5-18(13-20)17(2)24/h3,5-6,13,16,19,25H,4,7-12,14-15H2,1-2H3,(H,22,26). The molecule has 1 unspecified atom stereocenters. The second-order valence-corrected chi connectivity index (χ2v) is 7.48. The van der Waals surface area contributed by atoms with Crippen LogP contribution in [0.25, 0.3) is 0 Å². The second kappa shape index (κ2) is 11.0. The summed E-state index contributed by atoms with van der Waals surface area (Å²) in [4.78, 5) is 25.5. The molecule has 0 spiro atoms. The topological polar surface area (TPSA) is 78.9 Å². The lowest BCUT2D eigenvalue weighted by molar-refractivity contribution is -0.121. The number of β-amino-alcohol motifs (C(OH)–C–C–N with tert-alkyl or cyclic N) is 1. The van der Waals surface area contributed by atoms with Crippen molar-refractivity contribution in [3.8, 4) is 5.75 Å². The first-order chi connectivity index (χ1) is 12.9. The smallest absolute Gasteiger partial charge is 0.220 e. The number of carbonyl (C=O) groups excluding carboxylic acids is 2. The molecule has 1 amide bonds. The minimum Gasteiger partial charge on any atom is -0.494 e. The van der Waals surface area contributed by atoms with E-state index in [1.807, 2.05) is 0 Å². The van der Waals surface area contributed by atoms with E-state index in [4.69, 9.17) is 4.74 Å². The Morgan fingerprint density at radius 3 is 2.78 bits per heavy atom. The number of nitrogens with zero attached hydrogens (tertiary/aromatic N) is 1. The number of amides is 1. The molecule has 150 valence electrons. The van der Waals surface area contributed by atoms with Crippen molar-refractivity contribution in [2.45, 2.75) is 45.6 Å². The van der Waals surface area contributed by atoms with Crippen LogP contribution in [0.4, 0.5) is 0 Å². The Morgan fingerprint density at radius 2 is 2.07 bits per heavy atom. The summed E-state index contributed by atoms with van der Waals surface area (Å²) in [6, 6.07) is 7.03. The van der Waals surface area contributed by atoms with Crippen LogP contribution in [0.1, 0.15) is 49.9 Å². The van der Waals surface area contributed by atoms with Gasteiger partial charge in [-0.05, 0) is 57.3 Å². The molecule has 1 atom stereocenters. The maximum absolute atomic E-state index is 11.9. The third-order valence-electron chi connectivity index (χ3n) is 4.94. The average molecular weight is 376 g/mol. The molecule has 6 heteroatoms. The van der Waals surface area contributed by atoms with Crippen molar-refractivity contribution in [1.82, 2.24) is 10.2 Å². The molecule has 2 N–H and O–H groups in total. The normalized spacial score (nSPS) is 16.7. The number of benzene rings is 1. The van der Waals surface area contributed by atoms with E-state index in [0.29, 0.717) is 37.3 Å². The number of rotatable bonds is 10. The lowest BCUT2D eigenvalue weighted by atomic mass is 9.99. The fourth-order valence-electron chi connectivity index (χ4n) is 3.15. The van der Waals surface area contributed by atoms with Crippen molar-refractivity contribution in [1.29, 1.82) is 0 Å².